The highest BCUT2D eigenvalue weighted by atomic mass is 19.4. The summed E-state index contributed by atoms with van der Waals surface area (Å²) in [6, 6.07) is 10.7. The predicted octanol–water partition coefficient (Wildman–Crippen LogP) is 4.27. The maximum atomic E-state index is 15.0. The number of carbonyl (C=O) groups is 3. The van der Waals surface area contributed by atoms with Crippen molar-refractivity contribution in [3.05, 3.63) is 81.0 Å². The van der Waals surface area contributed by atoms with Crippen molar-refractivity contribution in [3.8, 4) is 11.3 Å². The van der Waals surface area contributed by atoms with Crippen LogP contribution in [0.25, 0.3) is 11.3 Å². The van der Waals surface area contributed by atoms with Crippen molar-refractivity contribution >= 4 is 17.8 Å². The molecule has 1 fully saturated rings. The van der Waals surface area contributed by atoms with E-state index in [1.807, 2.05) is 43.0 Å². The second-order valence-electron chi connectivity index (χ2n) is 13.2. The fraction of sp³-hybridized carbons (Fsp3) is 0.457. The first kappa shape index (κ1) is 32.8. The number of halogens is 3. The molecule has 0 saturated carbocycles. The van der Waals surface area contributed by atoms with Crippen LogP contribution in [0.3, 0.4) is 0 Å². The van der Waals surface area contributed by atoms with E-state index in [9.17, 15) is 27.6 Å². The smallest absolute Gasteiger partial charge is 0.351 e. The van der Waals surface area contributed by atoms with Crippen LogP contribution >= 0.6 is 0 Å². The maximum Gasteiger partial charge on any atom is 0.471 e. The Hall–Kier alpha value is -4.16. The molecule has 1 saturated heterocycles. The van der Waals surface area contributed by atoms with Crippen LogP contribution < -0.4 is 5.73 Å². The van der Waals surface area contributed by atoms with E-state index >= 15 is 0 Å². The minimum Gasteiger partial charge on any atom is -0.351 e. The number of amides is 3. The quantitative estimate of drug-likeness (QED) is 0.456. The molecule has 9 nitrogen and oxygen atoms in total. The summed E-state index contributed by atoms with van der Waals surface area (Å²) in [6.07, 6.45) is -4.16. The number of hydrogen-bond acceptors (Lipinski definition) is 5. The Balaban J connectivity index is 1.48. The predicted molar refractivity (Wildman–Crippen MR) is 172 cm³/mol. The normalized spacial score (nSPS) is 19.0. The molecule has 3 aromatic rings. The number of rotatable bonds is 4. The van der Waals surface area contributed by atoms with E-state index in [1.54, 1.807) is 13.0 Å². The summed E-state index contributed by atoms with van der Waals surface area (Å²) in [5.74, 6) is -2.17. The topological polar surface area (TPSA) is 95.1 Å². The first-order valence-electron chi connectivity index (χ1n) is 16.0. The summed E-state index contributed by atoms with van der Waals surface area (Å²) < 4.78 is 41.7. The van der Waals surface area contributed by atoms with Crippen molar-refractivity contribution in [2.75, 3.05) is 46.3 Å². The van der Waals surface area contributed by atoms with Crippen LogP contribution in [0.1, 0.15) is 49.4 Å². The fourth-order valence-corrected chi connectivity index (χ4v) is 7.36. The van der Waals surface area contributed by atoms with Crippen LogP contribution in [0, 0.1) is 20.8 Å². The van der Waals surface area contributed by atoms with Crippen LogP contribution in [-0.2, 0) is 30.7 Å². The van der Waals surface area contributed by atoms with Crippen molar-refractivity contribution in [1.29, 1.82) is 0 Å². The zero-order chi connectivity index (χ0) is 33.8. The van der Waals surface area contributed by atoms with Gasteiger partial charge in [-0.05, 0) is 86.2 Å². The molecule has 0 radical (unpaired) electrons. The van der Waals surface area contributed by atoms with Gasteiger partial charge in [-0.25, -0.2) is 4.79 Å². The van der Waals surface area contributed by atoms with E-state index < -0.39 is 18.1 Å². The van der Waals surface area contributed by atoms with Gasteiger partial charge in [0.25, 0.3) is 5.91 Å². The monoisotopic (exact) mass is 650 g/mol. The number of nitrogens with zero attached hydrogens (tertiary/aromatic N) is 5. The molecule has 1 atom stereocenters. The number of aromatic nitrogens is 1. The van der Waals surface area contributed by atoms with Gasteiger partial charge in [0.2, 0.25) is 0 Å². The number of hydrogen-bond donors (Lipinski definition) is 1. The lowest BCUT2D eigenvalue weighted by molar-refractivity contribution is -0.186. The number of carbonyl (C=O) groups excluding carboxylic acids is 3. The van der Waals surface area contributed by atoms with Gasteiger partial charge in [0, 0.05) is 75.2 Å². The van der Waals surface area contributed by atoms with E-state index in [0.717, 1.165) is 53.3 Å². The molecule has 4 heterocycles. The minimum atomic E-state index is -5.00. The Morgan fingerprint density at radius 1 is 0.872 bits per heavy atom. The molecular weight excluding hydrogens is 609 g/mol. The standard InChI is InChI=1S/C35H41F3N6O3/c1-21-22(2)31(44(23(21)3)34(39)47)29-16-25-9-10-42(33(46)35(36,37)38)18-27(25)17-30(29)32(45)43-19-26-8-6-5-7-24(26)15-28(43)20-41-13-11-40(4)12-14-41/h5-8,16-17,28H,9-15,18-20H2,1-4H3,(H2,39,47)/t28-/m0/s1. The second-order valence-corrected chi connectivity index (χ2v) is 13.2. The Kier molecular flexibility index (Phi) is 8.69. The second kappa shape index (κ2) is 12.5. The van der Waals surface area contributed by atoms with Gasteiger partial charge in [-0.3, -0.25) is 19.1 Å². The van der Waals surface area contributed by atoms with Crippen molar-refractivity contribution in [3.63, 3.8) is 0 Å². The summed E-state index contributed by atoms with van der Waals surface area (Å²) >= 11 is 0. The molecule has 47 heavy (non-hydrogen) atoms. The van der Waals surface area contributed by atoms with Crippen molar-refractivity contribution in [2.24, 2.45) is 5.73 Å². The summed E-state index contributed by atoms with van der Waals surface area (Å²) in [7, 11) is 2.10. The van der Waals surface area contributed by atoms with Gasteiger partial charge in [0.05, 0.1) is 5.69 Å². The number of alkyl halides is 3. The highest BCUT2D eigenvalue weighted by molar-refractivity contribution is 6.03. The van der Waals surface area contributed by atoms with Gasteiger partial charge in [-0.1, -0.05) is 24.3 Å². The van der Waals surface area contributed by atoms with Gasteiger partial charge in [0.1, 0.15) is 0 Å². The molecule has 6 rings (SSSR count). The lowest BCUT2D eigenvalue weighted by Gasteiger charge is -2.42. The van der Waals surface area contributed by atoms with E-state index in [0.29, 0.717) is 42.0 Å². The van der Waals surface area contributed by atoms with Gasteiger partial charge >= 0.3 is 18.1 Å². The van der Waals surface area contributed by atoms with Gasteiger partial charge in [0.15, 0.2) is 0 Å². The third-order valence-corrected chi connectivity index (χ3v) is 10.3. The van der Waals surface area contributed by atoms with Crippen LogP contribution in [0.5, 0.6) is 0 Å². The van der Waals surface area contributed by atoms with Gasteiger partial charge in [-0.2, -0.15) is 13.2 Å². The molecular formula is C35H41F3N6O3. The highest BCUT2D eigenvalue weighted by Gasteiger charge is 2.43. The van der Waals surface area contributed by atoms with E-state index in [-0.39, 0.29) is 37.0 Å². The van der Waals surface area contributed by atoms with Crippen LogP contribution in [0.2, 0.25) is 0 Å². The number of likely N-dealkylation sites (N-methyl/N-ethyl adjacent to an activating group) is 1. The molecule has 250 valence electrons. The Morgan fingerprint density at radius 2 is 1.55 bits per heavy atom. The largest absolute Gasteiger partial charge is 0.471 e. The third kappa shape index (κ3) is 6.16. The number of benzene rings is 2. The summed E-state index contributed by atoms with van der Waals surface area (Å²) in [6.45, 7) is 9.86. The lowest BCUT2D eigenvalue weighted by Crippen LogP contribution is -2.53. The first-order chi connectivity index (χ1) is 22.2. The molecule has 3 amide bonds. The maximum absolute atomic E-state index is 15.0. The van der Waals surface area contributed by atoms with Crippen molar-refractivity contribution < 1.29 is 27.6 Å². The average molecular weight is 651 g/mol. The van der Waals surface area contributed by atoms with Crippen LogP contribution in [0.4, 0.5) is 18.0 Å². The average Bonchev–Trinajstić information content (AvgIpc) is 3.27. The fourth-order valence-electron chi connectivity index (χ4n) is 7.36. The van der Waals surface area contributed by atoms with Crippen molar-refractivity contribution in [2.45, 2.75) is 58.9 Å². The van der Waals surface area contributed by atoms with Gasteiger partial charge in [-0.15, -0.1) is 0 Å². The Bertz CT molecular complexity index is 1740. The summed E-state index contributed by atoms with van der Waals surface area (Å²) in [5.41, 5.74) is 12.9. The molecule has 0 aliphatic carbocycles. The highest BCUT2D eigenvalue weighted by Crippen LogP contribution is 2.38. The zero-order valence-corrected chi connectivity index (χ0v) is 27.3. The van der Waals surface area contributed by atoms with E-state index in [1.165, 1.54) is 10.1 Å². The first-order valence-corrected chi connectivity index (χ1v) is 16.0. The number of fused-ring (bicyclic) bond motifs is 2. The molecule has 0 spiro atoms. The molecule has 1 aromatic heterocycles. The van der Waals surface area contributed by atoms with E-state index in [2.05, 4.69) is 22.9 Å². The number of nitrogens with two attached hydrogens (primary N) is 1. The number of primary amides is 1. The summed E-state index contributed by atoms with van der Waals surface area (Å²) in [4.78, 5) is 47.3. The molecule has 0 bridgehead atoms. The molecule has 0 unspecified atom stereocenters. The Labute approximate surface area is 272 Å². The molecule has 3 aliphatic heterocycles. The van der Waals surface area contributed by atoms with Crippen molar-refractivity contribution in [1.82, 2.24) is 24.2 Å². The van der Waals surface area contributed by atoms with Gasteiger partial charge < -0.3 is 20.4 Å². The minimum absolute atomic E-state index is 0.109. The lowest BCUT2D eigenvalue weighted by atomic mass is 9.88. The van der Waals surface area contributed by atoms with Crippen LogP contribution in [-0.4, -0.2) is 101 Å². The zero-order valence-electron chi connectivity index (χ0n) is 27.3. The van der Waals surface area contributed by atoms with Crippen LogP contribution in [0.15, 0.2) is 36.4 Å². The SMILES string of the molecule is Cc1c(C)c(-c2cc3c(cc2C(=O)N2Cc4ccccc4C[C@H]2CN2CCN(C)CC2)CN(C(=O)C(F)(F)F)CC3)n(C(N)=O)c1C. The summed E-state index contributed by atoms with van der Waals surface area (Å²) in [5, 5.41) is 0. The molecule has 2 aromatic carbocycles. The molecule has 3 aliphatic rings. The third-order valence-electron chi connectivity index (χ3n) is 10.3. The molecule has 12 heteroatoms. The van der Waals surface area contributed by atoms with E-state index in [4.69, 9.17) is 5.73 Å². The Morgan fingerprint density at radius 3 is 2.21 bits per heavy atom. The molecule has 2 N–H and O–H groups in total. The number of piperazine rings is 1.